The molecule has 1 aliphatic heterocycles. The molecule has 28 heavy (non-hydrogen) atoms. The second kappa shape index (κ2) is 7.06. The number of aromatic nitrogens is 1. The molecule has 0 radical (unpaired) electrons. The molecule has 1 aliphatic rings. The average Bonchev–Trinajstić information content (AvgIpc) is 2.98. The van der Waals surface area contributed by atoms with Gasteiger partial charge in [-0.15, -0.1) is 0 Å². The quantitative estimate of drug-likeness (QED) is 0.582. The number of carbonyl (C=O) groups is 1. The molecule has 7 nitrogen and oxygen atoms in total. The lowest BCUT2D eigenvalue weighted by molar-refractivity contribution is -0.0523. The lowest BCUT2D eigenvalue weighted by Gasteiger charge is -2.38. The number of hydrogen-bond acceptors (Lipinski definition) is 4. The molecular weight excluding hydrogens is 383 g/mol. The van der Waals surface area contributed by atoms with Crippen LogP contribution in [0.5, 0.6) is 0 Å². The number of carbonyl (C=O) groups excluding carboxylic acids is 1. The van der Waals surface area contributed by atoms with Gasteiger partial charge in [0.25, 0.3) is 5.91 Å². The SMILES string of the molecule is Bc1cc(F)c(C)c(B)c1NC(=O)c1cc(S(=O)(=O)NC2(C)COC2)cn1C. The Morgan fingerprint density at radius 2 is 1.96 bits per heavy atom. The van der Waals surface area contributed by atoms with Crippen LogP contribution in [0.4, 0.5) is 10.1 Å². The van der Waals surface area contributed by atoms with Gasteiger partial charge in [-0.3, -0.25) is 4.79 Å². The van der Waals surface area contributed by atoms with E-state index in [9.17, 15) is 17.6 Å². The fourth-order valence-corrected chi connectivity index (χ4v) is 4.61. The summed E-state index contributed by atoms with van der Waals surface area (Å²) in [6.07, 6.45) is 1.38. The molecule has 1 saturated heterocycles. The molecule has 0 unspecified atom stereocenters. The van der Waals surface area contributed by atoms with E-state index in [-0.39, 0.29) is 16.4 Å². The molecule has 0 bridgehead atoms. The largest absolute Gasteiger partial charge is 0.377 e. The van der Waals surface area contributed by atoms with E-state index in [4.69, 9.17) is 4.74 Å². The summed E-state index contributed by atoms with van der Waals surface area (Å²) in [5.41, 5.74) is 1.74. The van der Waals surface area contributed by atoms with Crippen LogP contribution in [-0.4, -0.2) is 53.3 Å². The van der Waals surface area contributed by atoms with E-state index >= 15 is 0 Å². The molecule has 2 heterocycles. The van der Waals surface area contributed by atoms with Crippen LogP contribution in [0.25, 0.3) is 0 Å². The van der Waals surface area contributed by atoms with Crippen molar-refractivity contribution in [1.82, 2.24) is 9.29 Å². The van der Waals surface area contributed by atoms with Crippen molar-refractivity contribution in [2.75, 3.05) is 18.5 Å². The third-order valence-corrected chi connectivity index (χ3v) is 6.62. The molecule has 148 valence electrons. The zero-order chi connectivity index (χ0) is 20.9. The highest BCUT2D eigenvalue weighted by Gasteiger charge is 2.38. The number of halogens is 1. The van der Waals surface area contributed by atoms with E-state index in [0.29, 0.717) is 35.4 Å². The lowest BCUT2D eigenvalue weighted by Crippen LogP contribution is -2.59. The molecule has 11 heteroatoms. The van der Waals surface area contributed by atoms with Crippen molar-refractivity contribution in [2.45, 2.75) is 24.3 Å². The molecule has 2 N–H and O–H groups in total. The van der Waals surface area contributed by atoms with Crippen LogP contribution in [0.2, 0.25) is 0 Å². The first-order valence-electron chi connectivity index (χ1n) is 8.79. The lowest BCUT2D eigenvalue weighted by atomic mass is 9.81. The normalized spacial score (nSPS) is 15.9. The zero-order valence-corrected chi connectivity index (χ0v) is 17.3. The Morgan fingerprint density at radius 3 is 2.54 bits per heavy atom. The molecule has 0 aliphatic carbocycles. The number of hydrogen-bond donors (Lipinski definition) is 2. The van der Waals surface area contributed by atoms with E-state index in [0.717, 1.165) is 0 Å². The fourth-order valence-electron chi connectivity index (χ4n) is 3.16. The summed E-state index contributed by atoms with van der Waals surface area (Å²) < 4.78 is 48.2. The first-order valence-corrected chi connectivity index (χ1v) is 10.3. The van der Waals surface area contributed by atoms with Gasteiger partial charge in [0, 0.05) is 18.9 Å². The number of sulfonamides is 1. The van der Waals surface area contributed by atoms with Crippen molar-refractivity contribution in [3.8, 4) is 0 Å². The number of anilines is 1. The third kappa shape index (κ3) is 3.74. The molecule has 2 aromatic rings. The minimum Gasteiger partial charge on any atom is -0.377 e. The average molecular weight is 405 g/mol. The van der Waals surface area contributed by atoms with E-state index in [2.05, 4.69) is 10.0 Å². The van der Waals surface area contributed by atoms with Crippen LogP contribution in [0.1, 0.15) is 23.0 Å². The number of nitrogens with zero attached hydrogens (tertiary/aromatic N) is 1. The maximum Gasteiger partial charge on any atom is 0.272 e. The van der Waals surface area contributed by atoms with Crippen molar-refractivity contribution in [2.24, 2.45) is 7.05 Å². The molecule has 1 amide bonds. The molecule has 0 spiro atoms. The first-order chi connectivity index (χ1) is 12.9. The summed E-state index contributed by atoms with van der Waals surface area (Å²) in [7, 11) is 1.23. The molecule has 1 aromatic carbocycles. The molecular formula is C17H22B2FN3O4S. The van der Waals surface area contributed by atoms with Gasteiger partial charge >= 0.3 is 0 Å². The van der Waals surface area contributed by atoms with Crippen LogP contribution in [0.3, 0.4) is 0 Å². The summed E-state index contributed by atoms with van der Waals surface area (Å²) >= 11 is 0. The number of benzene rings is 1. The Kier molecular flexibility index (Phi) is 5.20. The monoisotopic (exact) mass is 405 g/mol. The van der Waals surface area contributed by atoms with Crippen molar-refractivity contribution in [3.05, 3.63) is 35.4 Å². The Hall–Kier alpha value is -2.10. The molecule has 1 aromatic heterocycles. The summed E-state index contributed by atoms with van der Waals surface area (Å²) in [5.74, 6) is -0.806. The van der Waals surface area contributed by atoms with Gasteiger partial charge in [-0.25, -0.2) is 17.5 Å². The van der Waals surface area contributed by atoms with Gasteiger partial charge in [0.15, 0.2) is 0 Å². The van der Waals surface area contributed by atoms with Crippen LogP contribution in [0, 0.1) is 12.7 Å². The van der Waals surface area contributed by atoms with E-state index in [1.54, 1.807) is 36.6 Å². The fraction of sp³-hybridized carbons (Fsp3) is 0.353. The van der Waals surface area contributed by atoms with Crippen molar-refractivity contribution >= 4 is 48.2 Å². The third-order valence-electron chi connectivity index (χ3n) is 5.02. The van der Waals surface area contributed by atoms with Crippen molar-refractivity contribution in [1.29, 1.82) is 0 Å². The summed E-state index contributed by atoms with van der Waals surface area (Å²) in [6.45, 7) is 4.00. The number of ether oxygens (including phenoxy) is 1. The Bertz CT molecular complexity index is 1060. The molecule has 0 saturated carbocycles. The number of aryl methyl sites for hydroxylation is 1. The van der Waals surface area contributed by atoms with Gasteiger partial charge in [-0.1, -0.05) is 10.9 Å². The Morgan fingerprint density at radius 1 is 1.32 bits per heavy atom. The van der Waals surface area contributed by atoms with Crippen LogP contribution < -0.4 is 21.0 Å². The second-order valence-corrected chi connectivity index (χ2v) is 9.27. The topological polar surface area (TPSA) is 89.4 Å². The van der Waals surface area contributed by atoms with E-state index < -0.39 is 21.5 Å². The first kappa shape index (κ1) is 20.6. The van der Waals surface area contributed by atoms with Gasteiger partial charge < -0.3 is 14.6 Å². The van der Waals surface area contributed by atoms with Crippen LogP contribution in [-0.2, 0) is 21.8 Å². The van der Waals surface area contributed by atoms with Crippen molar-refractivity contribution < 1.29 is 22.3 Å². The van der Waals surface area contributed by atoms with Gasteiger partial charge in [0.1, 0.15) is 32.1 Å². The van der Waals surface area contributed by atoms with Crippen LogP contribution in [0.15, 0.2) is 23.2 Å². The molecule has 1 fully saturated rings. The number of amides is 1. The molecule has 0 atom stereocenters. The zero-order valence-electron chi connectivity index (χ0n) is 16.5. The van der Waals surface area contributed by atoms with Gasteiger partial charge in [0.05, 0.1) is 18.8 Å². The maximum absolute atomic E-state index is 13.8. The predicted molar refractivity (Wildman–Crippen MR) is 110 cm³/mol. The highest BCUT2D eigenvalue weighted by Crippen LogP contribution is 2.21. The van der Waals surface area contributed by atoms with Gasteiger partial charge in [0.2, 0.25) is 10.0 Å². The van der Waals surface area contributed by atoms with Crippen LogP contribution >= 0.6 is 0 Å². The van der Waals surface area contributed by atoms with Gasteiger partial charge in [-0.05, 0) is 31.5 Å². The van der Waals surface area contributed by atoms with Gasteiger partial charge in [-0.2, -0.15) is 0 Å². The Labute approximate surface area is 165 Å². The maximum atomic E-state index is 13.8. The van der Waals surface area contributed by atoms with E-state index in [1.807, 2.05) is 0 Å². The highest BCUT2D eigenvalue weighted by atomic mass is 32.2. The number of nitrogens with one attached hydrogen (secondary N) is 2. The summed E-state index contributed by atoms with van der Waals surface area (Å²) in [4.78, 5) is 12.8. The van der Waals surface area contributed by atoms with Crippen molar-refractivity contribution in [3.63, 3.8) is 0 Å². The predicted octanol–water partition coefficient (Wildman–Crippen LogP) is -1.69. The molecule has 3 rings (SSSR count). The van der Waals surface area contributed by atoms with E-state index in [1.165, 1.54) is 22.9 Å². The standard InChI is InChI=1S/C17H22B2FN3O4S/c1-9-12(20)5-11(18)15(14(9)19)21-16(24)13-4-10(6-23(13)3)28(25,26)22-17(2)7-27-8-17/h4-6,22H,7-8,18-19H2,1-3H3,(H,21,24). The smallest absolute Gasteiger partial charge is 0.272 e. The summed E-state index contributed by atoms with van der Waals surface area (Å²) in [6, 6.07) is 2.69. The Balaban J connectivity index is 1.87. The second-order valence-electron chi connectivity index (χ2n) is 7.59. The highest BCUT2D eigenvalue weighted by molar-refractivity contribution is 7.89. The summed E-state index contributed by atoms with van der Waals surface area (Å²) in [5, 5.41) is 2.78. The number of rotatable bonds is 5. The minimum atomic E-state index is -3.80. The minimum absolute atomic E-state index is 0.00277.